The van der Waals surface area contributed by atoms with Gasteiger partial charge in [-0.3, -0.25) is 4.99 Å². The third kappa shape index (κ3) is 4.45. The first-order valence-corrected chi connectivity index (χ1v) is 7.66. The lowest BCUT2D eigenvalue weighted by molar-refractivity contribution is -0.0922. The standard InChI is InChI=1S/C15H30N4O.HI/c1-15(2)12(8-13(15)20-5)18-14(16-3)17-9-11-6-7-19(4)10-11;/h11-13H,6-10H2,1-5H3,(H2,16,17,18);1H. The van der Waals surface area contributed by atoms with Crippen LogP contribution >= 0.6 is 24.0 Å². The number of likely N-dealkylation sites (tertiary alicyclic amines) is 1. The fourth-order valence-corrected chi connectivity index (χ4v) is 3.32. The number of ether oxygens (including phenoxy) is 1. The number of aliphatic imine (C=N–C) groups is 1. The minimum atomic E-state index is 0. The molecule has 6 heteroatoms. The first-order chi connectivity index (χ1) is 9.47. The molecular formula is C15H31IN4O. The first kappa shape index (κ1) is 19.0. The van der Waals surface area contributed by atoms with E-state index >= 15 is 0 Å². The van der Waals surface area contributed by atoms with Gasteiger partial charge in [0.25, 0.3) is 0 Å². The molecule has 2 fully saturated rings. The molecule has 2 rings (SSSR count). The number of guanidine groups is 1. The summed E-state index contributed by atoms with van der Waals surface area (Å²) in [6.45, 7) is 7.90. The van der Waals surface area contributed by atoms with E-state index in [-0.39, 0.29) is 29.4 Å². The van der Waals surface area contributed by atoms with Gasteiger partial charge in [-0.25, -0.2) is 0 Å². The van der Waals surface area contributed by atoms with E-state index in [1.807, 2.05) is 7.05 Å². The van der Waals surface area contributed by atoms with Gasteiger partial charge in [0, 0.05) is 38.7 Å². The van der Waals surface area contributed by atoms with Gasteiger partial charge in [0.05, 0.1) is 6.10 Å². The zero-order chi connectivity index (χ0) is 14.8. The van der Waals surface area contributed by atoms with Gasteiger partial charge in [-0.15, -0.1) is 24.0 Å². The van der Waals surface area contributed by atoms with Gasteiger partial charge < -0.3 is 20.3 Å². The van der Waals surface area contributed by atoms with Crippen molar-refractivity contribution in [1.82, 2.24) is 15.5 Å². The Balaban J connectivity index is 0.00000220. The lowest BCUT2D eigenvalue weighted by atomic mass is 9.64. The van der Waals surface area contributed by atoms with Gasteiger partial charge in [0.2, 0.25) is 0 Å². The van der Waals surface area contributed by atoms with Crippen molar-refractivity contribution in [2.45, 2.75) is 38.8 Å². The molecule has 21 heavy (non-hydrogen) atoms. The molecule has 0 radical (unpaired) electrons. The molecule has 1 aliphatic heterocycles. The van der Waals surface area contributed by atoms with Gasteiger partial charge >= 0.3 is 0 Å². The van der Waals surface area contributed by atoms with Crippen molar-refractivity contribution in [3.05, 3.63) is 0 Å². The van der Waals surface area contributed by atoms with Crippen molar-refractivity contribution in [2.75, 3.05) is 40.8 Å². The van der Waals surface area contributed by atoms with E-state index in [0.717, 1.165) is 24.8 Å². The van der Waals surface area contributed by atoms with Crippen molar-refractivity contribution in [3.63, 3.8) is 0 Å². The second kappa shape index (κ2) is 7.97. The fourth-order valence-electron chi connectivity index (χ4n) is 3.32. The number of hydrogen-bond donors (Lipinski definition) is 2. The summed E-state index contributed by atoms with van der Waals surface area (Å²) in [5, 5.41) is 7.01. The van der Waals surface area contributed by atoms with E-state index in [2.05, 4.69) is 41.4 Å². The summed E-state index contributed by atoms with van der Waals surface area (Å²) < 4.78 is 5.49. The van der Waals surface area contributed by atoms with Crippen molar-refractivity contribution < 1.29 is 4.74 Å². The molecule has 3 unspecified atom stereocenters. The summed E-state index contributed by atoms with van der Waals surface area (Å²) in [7, 11) is 5.83. The van der Waals surface area contributed by atoms with Crippen molar-refractivity contribution in [3.8, 4) is 0 Å². The van der Waals surface area contributed by atoms with Crippen LogP contribution in [0, 0.1) is 11.3 Å². The Morgan fingerprint density at radius 3 is 2.62 bits per heavy atom. The molecule has 0 aromatic carbocycles. The van der Waals surface area contributed by atoms with Crippen LogP contribution in [-0.2, 0) is 4.74 Å². The highest BCUT2D eigenvalue weighted by molar-refractivity contribution is 14.0. The summed E-state index contributed by atoms with van der Waals surface area (Å²) in [6.07, 6.45) is 2.68. The maximum Gasteiger partial charge on any atom is 0.191 e. The third-order valence-corrected chi connectivity index (χ3v) is 5.04. The molecule has 0 bridgehead atoms. The zero-order valence-corrected chi connectivity index (χ0v) is 16.3. The molecule has 2 aliphatic rings. The van der Waals surface area contributed by atoms with E-state index in [1.165, 1.54) is 19.5 Å². The van der Waals surface area contributed by atoms with Crippen molar-refractivity contribution >= 4 is 29.9 Å². The second-order valence-electron chi connectivity index (χ2n) is 6.85. The van der Waals surface area contributed by atoms with Gasteiger partial charge in [-0.05, 0) is 32.4 Å². The van der Waals surface area contributed by atoms with Crippen LogP contribution in [0.25, 0.3) is 0 Å². The fraction of sp³-hybridized carbons (Fsp3) is 0.933. The minimum absolute atomic E-state index is 0. The summed E-state index contributed by atoms with van der Waals surface area (Å²) in [5.41, 5.74) is 0.167. The number of nitrogens with zero attached hydrogens (tertiary/aromatic N) is 2. The molecule has 5 nitrogen and oxygen atoms in total. The molecule has 124 valence electrons. The predicted molar refractivity (Wildman–Crippen MR) is 98.5 cm³/mol. The predicted octanol–water partition coefficient (Wildman–Crippen LogP) is 1.53. The number of nitrogens with one attached hydrogen (secondary N) is 2. The van der Waals surface area contributed by atoms with Crippen LogP contribution in [0.3, 0.4) is 0 Å². The normalized spacial score (nSPS) is 32.2. The van der Waals surface area contributed by atoms with Crippen molar-refractivity contribution in [2.24, 2.45) is 16.3 Å². The molecule has 1 aliphatic carbocycles. The lowest BCUT2D eigenvalue weighted by Gasteiger charge is -2.51. The minimum Gasteiger partial charge on any atom is -0.381 e. The van der Waals surface area contributed by atoms with Crippen LogP contribution in [0.2, 0.25) is 0 Å². The average Bonchev–Trinajstić information content (AvgIpc) is 2.83. The summed E-state index contributed by atoms with van der Waals surface area (Å²) in [5.74, 6) is 1.66. The maximum atomic E-state index is 5.49. The van der Waals surface area contributed by atoms with Gasteiger partial charge in [0.1, 0.15) is 0 Å². The molecule has 0 amide bonds. The van der Waals surface area contributed by atoms with E-state index in [1.54, 1.807) is 7.11 Å². The van der Waals surface area contributed by atoms with Crippen molar-refractivity contribution in [1.29, 1.82) is 0 Å². The Bertz CT molecular complexity index is 362. The monoisotopic (exact) mass is 410 g/mol. The second-order valence-corrected chi connectivity index (χ2v) is 6.85. The number of rotatable bonds is 4. The molecule has 1 heterocycles. The first-order valence-electron chi connectivity index (χ1n) is 7.66. The Morgan fingerprint density at radius 2 is 2.14 bits per heavy atom. The van der Waals surface area contributed by atoms with Crippen LogP contribution in [0.4, 0.5) is 0 Å². The summed E-state index contributed by atoms with van der Waals surface area (Å²) >= 11 is 0. The van der Waals surface area contributed by atoms with E-state index in [0.29, 0.717) is 12.1 Å². The smallest absolute Gasteiger partial charge is 0.191 e. The van der Waals surface area contributed by atoms with Gasteiger partial charge in [-0.1, -0.05) is 13.8 Å². The molecule has 0 spiro atoms. The highest BCUT2D eigenvalue weighted by Crippen LogP contribution is 2.42. The van der Waals surface area contributed by atoms with Crippen LogP contribution in [0.5, 0.6) is 0 Å². The third-order valence-electron chi connectivity index (χ3n) is 5.04. The maximum absolute atomic E-state index is 5.49. The highest BCUT2D eigenvalue weighted by atomic mass is 127. The Hall–Kier alpha value is -0.0800. The Kier molecular flexibility index (Phi) is 7.19. The van der Waals surface area contributed by atoms with E-state index < -0.39 is 0 Å². The zero-order valence-electron chi connectivity index (χ0n) is 14.0. The Labute approximate surface area is 146 Å². The van der Waals surface area contributed by atoms with E-state index in [4.69, 9.17) is 4.74 Å². The molecule has 3 atom stereocenters. The largest absolute Gasteiger partial charge is 0.381 e. The molecule has 1 saturated heterocycles. The van der Waals surface area contributed by atoms with Crippen LogP contribution in [0.1, 0.15) is 26.7 Å². The van der Waals surface area contributed by atoms with Crippen LogP contribution in [0.15, 0.2) is 4.99 Å². The molecule has 0 aromatic rings. The number of hydrogen-bond acceptors (Lipinski definition) is 3. The number of methoxy groups -OCH3 is 1. The van der Waals surface area contributed by atoms with E-state index in [9.17, 15) is 0 Å². The van der Waals surface area contributed by atoms with Crippen LogP contribution in [-0.4, -0.2) is 63.8 Å². The summed E-state index contributed by atoms with van der Waals surface area (Å²) in [6, 6.07) is 0.435. The SMILES string of the molecule is CN=C(NCC1CCN(C)C1)NC1CC(OC)C1(C)C.I. The number of halogens is 1. The highest BCUT2D eigenvalue weighted by Gasteiger charge is 2.48. The molecule has 1 saturated carbocycles. The lowest BCUT2D eigenvalue weighted by Crippen LogP contribution is -2.63. The summed E-state index contributed by atoms with van der Waals surface area (Å²) in [4.78, 5) is 6.74. The van der Waals surface area contributed by atoms with Crippen LogP contribution < -0.4 is 10.6 Å². The molecular weight excluding hydrogens is 379 g/mol. The topological polar surface area (TPSA) is 48.9 Å². The molecule has 2 N–H and O–H groups in total. The Morgan fingerprint density at radius 1 is 1.43 bits per heavy atom. The van der Waals surface area contributed by atoms with Gasteiger partial charge in [-0.2, -0.15) is 0 Å². The quantitative estimate of drug-likeness (QED) is 0.420. The average molecular weight is 410 g/mol. The molecule has 0 aromatic heterocycles. The van der Waals surface area contributed by atoms with Gasteiger partial charge in [0.15, 0.2) is 5.96 Å².